The van der Waals surface area contributed by atoms with Gasteiger partial charge in [-0.15, -0.1) is 0 Å². The van der Waals surface area contributed by atoms with Crippen molar-refractivity contribution in [1.82, 2.24) is 0 Å². The zero-order chi connectivity index (χ0) is 14.6. The second-order valence-electron chi connectivity index (χ2n) is 4.03. The van der Waals surface area contributed by atoms with Gasteiger partial charge in [-0.2, -0.15) is 4.57 Å². The summed E-state index contributed by atoms with van der Waals surface area (Å²) in [5.41, 5.74) is 1.58. The first kappa shape index (κ1) is 15.7. The molecule has 1 aromatic heterocycles. The van der Waals surface area contributed by atoms with Crippen LogP contribution in [-0.2, 0) is 11.3 Å². The number of rotatable bonds is 3. The van der Waals surface area contributed by atoms with Crippen molar-refractivity contribution in [2.75, 3.05) is 0 Å². The highest BCUT2D eigenvalue weighted by molar-refractivity contribution is 9.39. The van der Waals surface area contributed by atoms with Crippen LogP contribution in [0.5, 0.6) is 0 Å². The van der Waals surface area contributed by atoms with Crippen molar-refractivity contribution in [2.45, 2.75) is 8.87 Å². The Balaban J connectivity index is 2.25. The third kappa shape index (κ3) is 4.68. The fourth-order valence-corrected chi connectivity index (χ4v) is 2.18. The van der Waals surface area contributed by atoms with E-state index in [4.69, 9.17) is 4.74 Å². The van der Waals surface area contributed by atoms with Crippen molar-refractivity contribution < 1.29 is 14.1 Å². The molecule has 0 spiro atoms. The van der Waals surface area contributed by atoms with Gasteiger partial charge in [0.05, 0.1) is 0 Å². The number of hydrogen-bond donors (Lipinski definition) is 0. The molecule has 0 saturated carbocycles. The van der Waals surface area contributed by atoms with Crippen molar-refractivity contribution >= 4 is 53.8 Å². The van der Waals surface area contributed by atoms with Crippen LogP contribution in [0.4, 0.5) is 0 Å². The summed E-state index contributed by atoms with van der Waals surface area (Å²) in [5.74, 6) is -0.438. The fourth-order valence-electron chi connectivity index (χ4n) is 1.74. The second kappa shape index (κ2) is 6.83. The van der Waals surface area contributed by atoms with Gasteiger partial charge in [0.1, 0.15) is 0 Å². The van der Waals surface area contributed by atoms with Gasteiger partial charge < -0.3 is 4.74 Å². The van der Waals surface area contributed by atoms with Gasteiger partial charge in [0.25, 0.3) is 8.02 Å². The summed E-state index contributed by atoms with van der Waals surface area (Å²) in [4.78, 5) is 12.1. The molecule has 3 nitrogen and oxygen atoms in total. The molecule has 2 aromatic rings. The van der Waals surface area contributed by atoms with Gasteiger partial charge in [0, 0.05) is 17.7 Å². The number of pyridine rings is 1. The van der Waals surface area contributed by atoms with Crippen molar-refractivity contribution in [3.8, 4) is 0 Å². The maximum Gasteiger partial charge on any atom is 0.406 e. The summed E-state index contributed by atoms with van der Waals surface area (Å²) in [6, 6.07) is 15.3. The van der Waals surface area contributed by atoms with E-state index in [-0.39, 0.29) is 0 Å². The largest absolute Gasteiger partial charge is 0.419 e. The maximum absolute atomic E-state index is 12.1. The van der Waals surface area contributed by atoms with Crippen molar-refractivity contribution in [1.29, 1.82) is 0 Å². The molecule has 0 bridgehead atoms. The lowest BCUT2D eigenvalue weighted by molar-refractivity contribution is -0.690. The van der Waals surface area contributed by atoms with E-state index in [0.29, 0.717) is 12.2 Å². The van der Waals surface area contributed by atoms with Gasteiger partial charge in [-0.05, 0) is 53.9 Å². The predicted molar refractivity (Wildman–Crippen MR) is 87.1 cm³/mol. The van der Waals surface area contributed by atoms with E-state index in [9.17, 15) is 4.79 Å². The number of carbonyl (C=O) groups is 1. The molecule has 0 atom stereocenters. The predicted octanol–water partition coefficient (Wildman–Crippen LogP) is 3.98. The van der Waals surface area contributed by atoms with Gasteiger partial charge in [-0.25, -0.2) is 4.79 Å². The Morgan fingerprint density at radius 3 is 2.35 bits per heavy atom. The van der Waals surface area contributed by atoms with Crippen molar-refractivity contribution in [3.05, 3.63) is 66.0 Å². The van der Waals surface area contributed by atoms with Crippen LogP contribution in [0.1, 0.15) is 16.1 Å². The molecule has 1 heterocycles. The smallest absolute Gasteiger partial charge is 0.406 e. The van der Waals surface area contributed by atoms with Gasteiger partial charge in [-0.1, -0.05) is 30.3 Å². The highest BCUT2D eigenvalue weighted by Gasteiger charge is 2.29. The Kier molecular flexibility index (Phi) is 5.35. The number of nitrogens with zero attached hydrogens (tertiary/aromatic N) is 1. The van der Waals surface area contributed by atoms with E-state index in [1.807, 2.05) is 47.2 Å². The topological polar surface area (TPSA) is 30.2 Å². The fraction of sp³-hybridized carbons (Fsp3) is 0.143. The van der Waals surface area contributed by atoms with Gasteiger partial charge in [0.15, 0.2) is 12.7 Å². The van der Waals surface area contributed by atoms with Crippen LogP contribution in [0.3, 0.4) is 0 Å². The molecule has 0 aliphatic carbocycles. The summed E-state index contributed by atoms with van der Waals surface area (Å²) in [6.07, 6.45) is 1.85. The lowest BCUT2D eigenvalue weighted by Gasteiger charge is -2.12. The molecule has 2 rings (SSSR count). The van der Waals surface area contributed by atoms with E-state index in [2.05, 4.69) is 47.8 Å². The number of aromatic nitrogens is 1. The molecular formula is C14H11Br3NO2+. The Hall–Kier alpha value is -0.720. The first-order valence-corrected chi connectivity index (χ1v) is 8.16. The van der Waals surface area contributed by atoms with Crippen LogP contribution in [-0.4, -0.2) is 8.30 Å². The summed E-state index contributed by atoms with van der Waals surface area (Å²) in [6.45, 7) is 0.603. The van der Waals surface area contributed by atoms with Gasteiger partial charge in [-0.3, -0.25) is 0 Å². The Morgan fingerprint density at radius 1 is 1.05 bits per heavy atom. The minimum absolute atomic E-state index is 0.438. The van der Waals surface area contributed by atoms with Crippen LogP contribution in [0.25, 0.3) is 0 Å². The summed E-state index contributed by atoms with van der Waals surface area (Å²) < 4.78 is 5.98. The zero-order valence-electron chi connectivity index (χ0n) is 10.3. The Labute approximate surface area is 142 Å². The molecule has 104 valence electrons. The first-order chi connectivity index (χ1) is 9.46. The van der Waals surface area contributed by atoms with Crippen LogP contribution in [0.2, 0.25) is 0 Å². The quantitative estimate of drug-likeness (QED) is 0.391. The number of benzene rings is 1. The van der Waals surface area contributed by atoms with Crippen LogP contribution < -0.4 is 4.57 Å². The highest BCUT2D eigenvalue weighted by Crippen LogP contribution is 2.35. The molecule has 1 aromatic carbocycles. The zero-order valence-corrected chi connectivity index (χ0v) is 15.1. The molecule has 0 N–H and O–H groups in total. The third-order valence-electron chi connectivity index (χ3n) is 2.55. The average molecular weight is 465 g/mol. The highest BCUT2D eigenvalue weighted by atomic mass is 80.0. The number of ether oxygens (including phenoxy) is 1. The number of esters is 1. The van der Waals surface area contributed by atoms with E-state index < -0.39 is 8.30 Å². The molecule has 0 radical (unpaired) electrons. The molecule has 0 saturated heterocycles. The van der Waals surface area contributed by atoms with Crippen LogP contribution in [0, 0.1) is 0 Å². The lowest BCUT2D eigenvalue weighted by Crippen LogP contribution is -2.41. The van der Waals surface area contributed by atoms with E-state index in [1.165, 1.54) is 0 Å². The van der Waals surface area contributed by atoms with Crippen molar-refractivity contribution in [2.24, 2.45) is 0 Å². The minimum Gasteiger partial charge on any atom is -0.419 e. The van der Waals surface area contributed by atoms with Gasteiger partial charge in [0.2, 0.25) is 0 Å². The third-order valence-corrected chi connectivity index (χ3v) is 3.04. The normalized spacial score (nSPS) is 11.2. The average Bonchev–Trinajstić information content (AvgIpc) is 2.38. The van der Waals surface area contributed by atoms with Crippen molar-refractivity contribution in [3.63, 3.8) is 0 Å². The molecule has 0 amide bonds. The number of alkyl halides is 3. The van der Waals surface area contributed by atoms with Crippen LogP contribution >= 0.6 is 47.8 Å². The summed E-state index contributed by atoms with van der Waals surface area (Å²) >= 11 is 9.45. The monoisotopic (exact) mass is 462 g/mol. The lowest BCUT2D eigenvalue weighted by atomic mass is 10.2. The second-order valence-corrected chi connectivity index (χ2v) is 10.6. The number of hydrogen-bond acceptors (Lipinski definition) is 2. The van der Waals surface area contributed by atoms with E-state index >= 15 is 0 Å². The molecule has 20 heavy (non-hydrogen) atoms. The standard InChI is InChI=1S/C14H11Br3NO2/c15-14(16,17)20-13(19)12-8-4-5-9-18(12)10-11-6-2-1-3-7-11/h1-9H,10H2/q+1. The van der Waals surface area contributed by atoms with Gasteiger partial charge >= 0.3 is 5.97 Å². The van der Waals surface area contributed by atoms with Crippen LogP contribution in [0.15, 0.2) is 54.7 Å². The molecule has 0 unspecified atom stereocenters. The molecule has 0 aliphatic rings. The minimum atomic E-state index is -1.05. The number of halogens is 3. The summed E-state index contributed by atoms with van der Waals surface area (Å²) in [5, 5.41) is 0. The first-order valence-electron chi connectivity index (χ1n) is 5.78. The Bertz CT molecular complexity index is 597. The molecule has 6 heteroatoms. The molecule has 0 fully saturated rings. The SMILES string of the molecule is O=C(OC(Br)(Br)Br)c1cccc[n+]1Cc1ccccc1. The molecule has 0 aliphatic heterocycles. The van der Waals surface area contributed by atoms with E-state index in [0.717, 1.165) is 5.56 Å². The summed E-state index contributed by atoms with van der Waals surface area (Å²) in [7, 11) is 0. The van der Waals surface area contributed by atoms with E-state index in [1.54, 1.807) is 12.1 Å². The molecular weight excluding hydrogens is 454 g/mol. The maximum atomic E-state index is 12.1. The number of carbonyl (C=O) groups excluding carboxylic acids is 1. The Morgan fingerprint density at radius 2 is 1.70 bits per heavy atom.